The van der Waals surface area contributed by atoms with Crippen LogP contribution in [0.3, 0.4) is 0 Å². The van der Waals surface area contributed by atoms with Crippen molar-refractivity contribution in [3.63, 3.8) is 0 Å². The molecular formula is C16H17NOS. The van der Waals surface area contributed by atoms with Crippen LogP contribution in [0.5, 0.6) is 5.75 Å². The van der Waals surface area contributed by atoms with Crippen molar-refractivity contribution in [1.29, 1.82) is 0 Å². The number of fused-ring (bicyclic) bond motifs is 1. The predicted octanol–water partition coefficient (Wildman–Crippen LogP) is 3.55. The summed E-state index contributed by atoms with van der Waals surface area (Å²) in [6, 6.07) is 16.6. The van der Waals surface area contributed by atoms with Crippen LogP contribution in [0.4, 0.5) is 0 Å². The van der Waals surface area contributed by atoms with Gasteiger partial charge in [-0.2, -0.15) is 0 Å². The molecule has 0 aliphatic carbocycles. The zero-order chi connectivity index (χ0) is 13.2. The highest BCUT2D eigenvalue weighted by Gasteiger charge is 2.28. The van der Waals surface area contributed by atoms with Crippen LogP contribution in [0.15, 0.2) is 53.4 Å². The Kier molecular flexibility index (Phi) is 3.49. The maximum Gasteiger partial charge on any atom is 0.124 e. The van der Waals surface area contributed by atoms with Crippen LogP contribution in [-0.4, -0.2) is 11.9 Å². The van der Waals surface area contributed by atoms with Gasteiger partial charge >= 0.3 is 0 Å². The van der Waals surface area contributed by atoms with E-state index >= 15 is 0 Å². The second kappa shape index (κ2) is 5.27. The first-order chi connectivity index (χ1) is 9.24. The van der Waals surface area contributed by atoms with Crippen molar-refractivity contribution >= 4 is 11.8 Å². The van der Waals surface area contributed by atoms with Gasteiger partial charge in [-0.25, -0.2) is 0 Å². The summed E-state index contributed by atoms with van der Waals surface area (Å²) in [6.45, 7) is 2.76. The fourth-order valence-electron chi connectivity index (χ4n) is 2.26. The first-order valence-electron chi connectivity index (χ1n) is 6.44. The lowest BCUT2D eigenvalue weighted by molar-refractivity contribution is 0.276. The summed E-state index contributed by atoms with van der Waals surface area (Å²) in [5, 5.41) is 0.262. The number of ether oxygens (including phenoxy) is 1. The van der Waals surface area contributed by atoms with E-state index in [0.717, 1.165) is 11.3 Å². The Morgan fingerprint density at radius 1 is 1.11 bits per heavy atom. The zero-order valence-corrected chi connectivity index (χ0v) is 11.7. The van der Waals surface area contributed by atoms with Crippen LogP contribution in [-0.2, 0) is 0 Å². The van der Waals surface area contributed by atoms with Gasteiger partial charge in [0.15, 0.2) is 0 Å². The van der Waals surface area contributed by atoms with Crippen LogP contribution in [0, 0.1) is 6.92 Å². The van der Waals surface area contributed by atoms with Crippen LogP contribution < -0.4 is 10.5 Å². The summed E-state index contributed by atoms with van der Waals surface area (Å²) in [4.78, 5) is 1.24. The van der Waals surface area contributed by atoms with E-state index in [1.54, 1.807) is 11.8 Å². The highest BCUT2D eigenvalue weighted by Crippen LogP contribution is 2.38. The average Bonchev–Trinajstić information content (AvgIpc) is 2.45. The standard InChI is InChI=1S/C16H17NOS/c1-11-6-8-12(9-7-11)19-15-10-18-14-5-3-2-4-13(14)16(15)17/h2-9,15-16H,10,17H2,1H3. The third-order valence-electron chi connectivity index (χ3n) is 3.39. The number of aryl methyl sites for hydroxylation is 1. The molecule has 0 saturated carbocycles. The molecule has 3 heteroatoms. The lowest BCUT2D eigenvalue weighted by atomic mass is 10.0. The average molecular weight is 271 g/mol. The molecule has 3 rings (SSSR count). The van der Waals surface area contributed by atoms with Gasteiger partial charge in [0.25, 0.3) is 0 Å². The first-order valence-corrected chi connectivity index (χ1v) is 7.32. The number of nitrogens with two attached hydrogens (primary N) is 1. The van der Waals surface area contributed by atoms with Crippen molar-refractivity contribution in [1.82, 2.24) is 0 Å². The molecule has 0 saturated heterocycles. The Balaban J connectivity index is 1.79. The number of hydrogen-bond donors (Lipinski definition) is 1. The van der Waals surface area contributed by atoms with E-state index in [1.165, 1.54) is 10.5 Å². The van der Waals surface area contributed by atoms with Crippen LogP contribution in [0.2, 0.25) is 0 Å². The quantitative estimate of drug-likeness (QED) is 0.907. The van der Waals surface area contributed by atoms with Gasteiger partial charge < -0.3 is 10.5 Å². The van der Waals surface area contributed by atoms with E-state index < -0.39 is 0 Å². The van der Waals surface area contributed by atoms with Crippen LogP contribution in [0.1, 0.15) is 17.2 Å². The Labute approximate surface area is 118 Å². The summed E-state index contributed by atoms with van der Waals surface area (Å²) < 4.78 is 5.80. The summed E-state index contributed by atoms with van der Waals surface area (Å²) in [5.74, 6) is 0.927. The molecule has 1 aliphatic heterocycles. The number of hydrogen-bond acceptors (Lipinski definition) is 3. The molecule has 1 heterocycles. The van der Waals surface area contributed by atoms with Gasteiger partial charge in [-0.05, 0) is 25.1 Å². The Hall–Kier alpha value is -1.45. The SMILES string of the molecule is Cc1ccc(SC2COc3ccccc3C2N)cc1. The van der Waals surface area contributed by atoms with Gasteiger partial charge in [0.05, 0.1) is 5.25 Å². The van der Waals surface area contributed by atoms with Crippen molar-refractivity contribution in [3.05, 3.63) is 59.7 Å². The molecule has 0 amide bonds. The molecule has 2 nitrogen and oxygen atoms in total. The van der Waals surface area contributed by atoms with E-state index in [-0.39, 0.29) is 11.3 Å². The second-order valence-electron chi connectivity index (χ2n) is 4.84. The van der Waals surface area contributed by atoms with E-state index in [0.29, 0.717) is 6.61 Å². The maximum absolute atomic E-state index is 6.37. The minimum atomic E-state index is 0.0243. The summed E-state index contributed by atoms with van der Waals surface area (Å²) in [5.41, 5.74) is 8.75. The fourth-order valence-corrected chi connectivity index (χ4v) is 3.33. The smallest absolute Gasteiger partial charge is 0.124 e. The minimum absolute atomic E-state index is 0.0243. The topological polar surface area (TPSA) is 35.2 Å². The van der Waals surface area contributed by atoms with E-state index in [1.807, 2.05) is 18.2 Å². The zero-order valence-electron chi connectivity index (χ0n) is 10.9. The monoisotopic (exact) mass is 271 g/mol. The van der Waals surface area contributed by atoms with Gasteiger partial charge in [-0.15, -0.1) is 11.8 Å². The van der Waals surface area contributed by atoms with Crippen LogP contribution in [0.25, 0.3) is 0 Å². The van der Waals surface area contributed by atoms with Crippen molar-refractivity contribution in [3.8, 4) is 5.75 Å². The summed E-state index contributed by atoms with van der Waals surface area (Å²) in [6.07, 6.45) is 0. The van der Waals surface area contributed by atoms with Gasteiger partial charge in [-0.1, -0.05) is 35.9 Å². The van der Waals surface area contributed by atoms with E-state index in [2.05, 4.69) is 37.3 Å². The van der Waals surface area contributed by atoms with Crippen molar-refractivity contribution in [2.24, 2.45) is 5.73 Å². The number of benzene rings is 2. The molecule has 2 aromatic rings. The molecule has 2 unspecified atom stereocenters. The van der Waals surface area contributed by atoms with Gasteiger partial charge in [0, 0.05) is 16.5 Å². The molecule has 19 heavy (non-hydrogen) atoms. The first kappa shape index (κ1) is 12.6. The van der Waals surface area contributed by atoms with Crippen molar-refractivity contribution < 1.29 is 4.74 Å². The largest absolute Gasteiger partial charge is 0.492 e. The van der Waals surface area contributed by atoms with Gasteiger partial charge in [0.2, 0.25) is 0 Å². The molecule has 2 N–H and O–H groups in total. The normalized spacial score (nSPS) is 21.6. The van der Waals surface area contributed by atoms with Crippen molar-refractivity contribution in [2.75, 3.05) is 6.61 Å². The number of rotatable bonds is 2. The third-order valence-corrected chi connectivity index (χ3v) is 4.67. The number of thioether (sulfide) groups is 1. The molecule has 2 aromatic carbocycles. The van der Waals surface area contributed by atoms with Crippen LogP contribution >= 0.6 is 11.8 Å². The Bertz CT molecular complexity index is 567. The second-order valence-corrected chi connectivity index (χ2v) is 6.16. The Morgan fingerprint density at radius 3 is 2.63 bits per heavy atom. The lowest BCUT2D eigenvalue weighted by Crippen LogP contribution is -2.33. The fraction of sp³-hybridized carbons (Fsp3) is 0.250. The number of para-hydroxylation sites is 1. The molecule has 98 valence electrons. The van der Waals surface area contributed by atoms with Crippen molar-refractivity contribution in [2.45, 2.75) is 23.1 Å². The minimum Gasteiger partial charge on any atom is -0.492 e. The molecule has 1 aliphatic rings. The van der Waals surface area contributed by atoms with Gasteiger partial charge in [-0.3, -0.25) is 0 Å². The molecule has 0 bridgehead atoms. The molecule has 0 fully saturated rings. The predicted molar refractivity (Wildman–Crippen MR) is 79.7 cm³/mol. The summed E-state index contributed by atoms with van der Waals surface area (Å²) in [7, 11) is 0. The molecule has 2 atom stereocenters. The molecule has 0 aromatic heterocycles. The Morgan fingerprint density at radius 2 is 1.84 bits per heavy atom. The molecule has 0 spiro atoms. The molecular weight excluding hydrogens is 254 g/mol. The lowest BCUT2D eigenvalue weighted by Gasteiger charge is -2.30. The highest BCUT2D eigenvalue weighted by atomic mass is 32.2. The van der Waals surface area contributed by atoms with E-state index in [9.17, 15) is 0 Å². The van der Waals surface area contributed by atoms with Gasteiger partial charge in [0.1, 0.15) is 12.4 Å². The highest BCUT2D eigenvalue weighted by molar-refractivity contribution is 8.00. The maximum atomic E-state index is 6.37. The molecule has 0 radical (unpaired) electrons. The third kappa shape index (κ3) is 2.62. The van der Waals surface area contributed by atoms with E-state index in [4.69, 9.17) is 10.5 Å². The summed E-state index contributed by atoms with van der Waals surface area (Å²) >= 11 is 1.79.